The number of carboxylic acid groups (broad SMARTS) is 1. The van der Waals surface area contributed by atoms with Crippen molar-refractivity contribution < 1.29 is 72.2 Å². The molecule has 8 heteroatoms. The molecule has 170 valence electrons. The molecule has 1 heterocycles. The first-order chi connectivity index (χ1) is 15.5. The van der Waals surface area contributed by atoms with Crippen molar-refractivity contribution in [2.75, 3.05) is 13.2 Å². The molecule has 0 aliphatic rings. The van der Waals surface area contributed by atoms with Crippen LogP contribution in [0.3, 0.4) is 0 Å². The maximum Gasteiger partial charge on any atom is 1.00 e. The van der Waals surface area contributed by atoms with Crippen LogP contribution in [0, 0.1) is 0 Å². The Morgan fingerprint density at radius 3 is 2.42 bits per heavy atom. The molecule has 1 aromatic heterocycles. The van der Waals surface area contributed by atoms with Gasteiger partial charge >= 0.3 is 57.4 Å². The van der Waals surface area contributed by atoms with E-state index in [9.17, 15) is 9.59 Å². The van der Waals surface area contributed by atoms with Gasteiger partial charge in [-0.15, -0.1) is 0 Å². The minimum atomic E-state index is -0.909. The Kier molecular flexibility index (Phi) is 11.5. The van der Waals surface area contributed by atoms with Crippen molar-refractivity contribution in [3.05, 3.63) is 82.4 Å². The van der Waals surface area contributed by atoms with Crippen molar-refractivity contribution in [3.63, 3.8) is 0 Å². The van der Waals surface area contributed by atoms with Gasteiger partial charge in [-0.3, -0.25) is 14.2 Å². The Balaban J connectivity index is 0.00000289. The molecule has 1 atom stereocenters. The summed E-state index contributed by atoms with van der Waals surface area (Å²) >= 11 is 0. The fraction of sp³-hybridized carbons (Fsp3) is 0.320. The van der Waals surface area contributed by atoms with Crippen LogP contribution >= 0.6 is 0 Å². The van der Waals surface area contributed by atoms with Crippen LogP contribution in [0.15, 0.2) is 65.5 Å². The van der Waals surface area contributed by atoms with Crippen molar-refractivity contribution in [2.45, 2.75) is 39.3 Å². The van der Waals surface area contributed by atoms with Gasteiger partial charge < -0.3 is 16.0 Å². The summed E-state index contributed by atoms with van der Waals surface area (Å²) in [6.07, 6.45) is 0.0434. The Hall–Kier alpha value is -1.81. The average molecular weight is 477 g/mol. The number of benzene rings is 2. The van der Waals surface area contributed by atoms with E-state index in [2.05, 4.69) is 4.98 Å². The third kappa shape index (κ3) is 7.87. The maximum absolute atomic E-state index is 12.7. The quantitative estimate of drug-likeness (QED) is 0.419. The number of rotatable bonds is 11. The van der Waals surface area contributed by atoms with Crippen LogP contribution in [0.5, 0.6) is 5.75 Å². The van der Waals surface area contributed by atoms with Gasteiger partial charge in [-0.1, -0.05) is 49.4 Å². The fourth-order valence-electron chi connectivity index (χ4n) is 3.49. The number of aliphatic carboxylic acids is 1. The number of carbonyl (C=O) groups is 1. The largest absolute Gasteiger partial charge is 1.00 e. The Bertz CT molecular complexity index is 1090. The zero-order valence-corrected chi connectivity index (χ0v) is 22.5. The molecule has 0 bridgehead atoms. The van der Waals surface area contributed by atoms with E-state index in [4.69, 9.17) is 14.6 Å². The van der Waals surface area contributed by atoms with E-state index in [0.717, 1.165) is 11.1 Å². The summed E-state index contributed by atoms with van der Waals surface area (Å²) in [4.78, 5) is 28.4. The van der Waals surface area contributed by atoms with Gasteiger partial charge in [0.2, 0.25) is 0 Å². The van der Waals surface area contributed by atoms with E-state index < -0.39 is 12.1 Å². The molecule has 0 aliphatic carbocycles. The molecule has 0 fully saturated rings. The van der Waals surface area contributed by atoms with Gasteiger partial charge in [0.15, 0.2) is 0 Å². The predicted molar refractivity (Wildman–Crippen MR) is 123 cm³/mol. The van der Waals surface area contributed by atoms with Gasteiger partial charge in [-0.05, 0) is 24.6 Å². The van der Waals surface area contributed by atoms with Crippen LogP contribution in [0.4, 0.5) is 0 Å². The molecular formula is C25H29KN2O5. The Morgan fingerprint density at radius 2 is 1.82 bits per heavy atom. The molecule has 0 aliphatic heterocycles. The van der Waals surface area contributed by atoms with E-state index in [0.29, 0.717) is 43.4 Å². The monoisotopic (exact) mass is 476 g/mol. The molecule has 0 spiro atoms. The van der Waals surface area contributed by atoms with E-state index in [1.807, 2.05) is 44.2 Å². The number of hydrogen-bond acceptors (Lipinski definition) is 5. The zero-order valence-electron chi connectivity index (χ0n) is 20.4. The van der Waals surface area contributed by atoms with Crippen LogP contribution in [0.2, 0.25) is 0 Å². The molecule has 2 aromatic carbocycles. The van der Waals surface area contributed by atoms with Crippen molar-refractivity contribution in [2.24, 2.45) is 0 Å². The number of ether oxygens (including phenoxy) is 2. The Labute approximate surface area is 237 Å². The molecular weight excluding hydrogens is 447 g/mol. The summed E-state index contributed by atoms with van der Waals surface area (Å²) in [5.74, 6) is 0.440. The summed E-state index contributed by atoms with van der Waals surface area (Å²) in [6.45, 7) is 4.93. The maximum atomic E-state index is 12.7. The minimum Gasteiger partial charge on any atom is -1.00 e. The summed E-state index contributed by atoms with van der Waals surface area (Å²) in [7, 11) is 0. The second-order valence-corrected chi connectivity index (χ2v) is 7.23. The molecule has 0 amide bonds. The third-order valence-electron chi connectivity index (χ3n) is 5.04. The van der Waals surface area contributed by atoms with E-state index in [-0.39, 0.29) is 64.8 Å². The van der Waals surface area contributed by atoms with E-state index in [1.165, 1.54) is 0 Å². The average Bonchev–Trinajstić information content (AvgIpc) is 2.80. The molecule has 1 N–H and O–H groups in total. The van der Waals surface area contributed by atoms with Crippen LogP contribution in [0.25, 0.3) is 11.3 Å². The van der Waals surface area contributed by atoms with Gasteiger partial charge in [-0.25, -0.2) is 4.98 Å². The van der Waals surface area contributed by atoms with Crippen molar-refractivity contribution >= 4 is 5.97 Å². The second-order valence-electron chi connectivity index (χ2n) is 7.23. The second kappa shape index (κ2) is 13.8. The van der Waals surface area contributed by atoms with E-state index in [1.54, 1.807) is 34.9 Å². The first-order valence-electron chi connectivity index (χ1n) is 10.7. The third-order valence-corrected chi connectivity index (χ3v) is 5.04. The van der Waals surface area contributed by atoms with Gasteiger partial charge in [0.1, 0.15) is 18.2 Å². The van der Waals surface area contributed by atoms with Gasteiger partial charge in [0.25, 0.3) is 5.56 Å². The van der Waals surface area contributed by atoms with Crippen LogP contribution in [-0.2, 0) is 22.5 Å². The summed E-state index contributed by atoms with van der Waals surface area (Å²) in [5.41, 5.74) is 2.26. The normalized spacial score (nSPS) is 11.5. The van der Waals surface area contributed by atoms with Gasteiger partial charge in [0.05, 0.1) is 24.8 Å². The standard InChI is InChI=1S/C25H28N2O5.K.H/c1-3-23-26-21(18-8-6-5-7-9-18)16-24(28)27(23)14-15-32-20-12-10-19(11-13-20)22(31-4-2)17-25(29)30;;/h5-13,16,22H,3-4,14-15,17H2,1-2H3,(H,29,30);;/q;+1;-1. The molecule has 3 rings (SSSR count). The SMILES string of the molecule is CCOC(CC(=O)O)c1ccc(OCCn2c(CC)nc(-c3ccccc3)cc2=O)cc1.[H-].[K+]. The van der Waals surface area contributed by atoms with Crippen molar-refractivity contribution in [3.8, 4) is 17.0 Å². The summed E-state index contributed by atoms with van der Waals surface area (Å²) in [5, 5.41) is 9.06. The molecule has 1 unspecified atom stereocenters. The molecule has 33 heavy (non-hydrogen) atoms. The molecule has 0 saturated carbocycles. The Morgan fingerprint density at radius 1 is 1.12 bits per heavy atom. The number of aryl methyl sites for hydroxylation is 1. The summed E-state index contributed by atoms with van der Waals surface area (Å²) in [6, 6.07) is 18.4. The number of aromatic nitrogens is 2. The van der Waals surface area contributed by atoms with E-state index >= 15 is 0 Å². The van der Waals surface area contributed by atoms with Crippen molar-refractivity contribution in [1.82, 2.24) is 9.55 Å². The van der Waals surface area contributed by atoms with Gasteiger partial charge in [0, 0.05) is 24.7 Å². The van der Waals surface area contributed by atoms with Gasteiger partial charge in [-0.2, -0.15) is 0 Å². The number of nitrogens with zero attached hydrogens (tertiary/aromatic N) is 2. The van der Waals surface area contributed by atoms with Crippen LogP contribution in [0.1, 0.15) is 39.2 Å². The summed E-state index contributed by atoms with van der Waals surface area (Å²) < 4.78 is 13.0. The molecule has 3 aromatic rings. The smallest absolute Gasteiger partial charge is 1.00 e. The van der Waals surface area contributed by atoms with Crippen LogP contribution < -0.4 is 61.7 Å². The molecule has 7 nitrogen and oxygen atoms in total. The number of hydrogen-bond donors (Lipinski definition) is 1. The predicted octanol–water partition coefficient (Wildman–Crippen LogP) is 1.22. The first-order valence-corrected chi connectivity index (χ1v) is 10.7. The van der Waals surface area contributed by atoms with Crippen molar-refractivity contribution in [1.29, 1.82) is 0 Å². The fourth-order valence-corrected chi connectivity index (χ4v) is 3.49. The first kappa shape index (κ1) is 27.4. The minimum absolute atomic E-state index is 0. The van der Waals surface area contributed by atoms with Crippen LogP contribution in [-0.4, -0.2) is 33.8 Å². The molecule has 0 saturated heterocycles. The molecule has 0 radical (unpaired) electrons. The topological polar surface area (TPSA) is 90.7 Å². The number of carboxylic acids is 1. The zero-order chi connectivity index (χ0) is 22.9.